The Balaban J connectivity index is 2.20. The first kappa shape index (κ1) is 15.0. The molecule has 0 amide bonds. The molecule has 1 N–H and O–H groups in total. The normalized spacial score (nSPS) is 15.9. The molecule has 6 heteroatoms. The minimum absolute atomic E-state index is 0.0257. The van der Waals surface area contributed by atoms with Crippen molar-refractivity contribution in [3.8, 4) is 5.75 Å². The predicted molar refractivity (Wildman–Crippen MR) is 76.0 cm³/mol. The molecule has 2 rings (SSSR count). The summed E-state index contributed by atoms with van der Waals surface area (Å²) in [7, 11) is 0. The number of hydrogen-bond acceptors (Lipinski definition) is 3. The van der Waals surface area contributed by atoms with E-state index < -0.39 is 6.43 Å². The molecule has 1 aliphatic rings. The molecule has 1 unspecified atom stereocenters. The average Bonchev–Trinajstić information content (AvgIpc) is 2.94. The summed E-state index contributed by atoms with van der Waals surface area (Å²) in [6.45, 7) is 3.52. The topological polar surface area (TPSA) is 33.6 Å². The van der Waals surface area contributed by atoms with E-state index in [-0.39, 0.29) is 22.4 Å². The zero-order valence-electron chi connectivity index (χ0n) is 11.2. The number of hydrogen-bond donors (Lipinski definition) is 1. The minimum atomic E-state index is -2.61. The van der Waals surface area contributed by atoms with Gasteiger partial charge in [-0.05, 0) is 12.5 Å². The SMILES string of the molecule is CCCC(Oc1cccc(C(F)F)c1Cl)C1=NCCN1. The number of halogens is 3. The molecular formula is C14H17ClF2N2O. The highest BCUT2D eigenvalue weighted by molar-refractivity contribution is 6.32. The van der Waals surface area contributed by atoms with Gasteiger partial charge in [-0.3, -0.25) is 4.99 Å². The van der Waals surface area contributed by atoms with Gasteiger partial charge in [-0.15, -0.1) is 0 Å². The molecule has 0 bridgehead atoms. The van der Waals surface area contributed by atoms with Gasteiger partial charge >= 0.3 is 0 Å². The highest BCUT2D eigenvalue weighted by atomic mass is 35.5. The zero-order chi connectivity index (χ0) is 14.5. The molecule has 0 spiro atoms. The van der Waals surface area contributed by atoms with Crippen molar-refractivity contribution in [3.63, 3.8) is 0 Å². The molecule has 0 aromatic heterocycles. The van der Waals surface area contributed by atoms with Gasteiger partial charge in [0.15, 0.2) is 6.10 Å². The van der Waals surface area contributed by atoms with Gasteiger partial charge in [-0.1, -0.05) is 37.1 Å². The number of ether oxygens (including phenoxy) is 1. The second-order valence-electron chi connectivity index (χ2n) is 4.55. The first-order valence-electron chi connectivity index (χ1n) is 6.65. The molecule has 20 heavy (non-hydrogen) atoms. The molecule has 0 radical (unpaired) electrons. The molecular weight excluding hydrogens is 286 g/mol. The molecule has 1 aromatic carbocycles. The summed E-state index contributed by atoms with van der Waals surface area (Å²) < 4.78 is 31.4. The van der Waals surface area contributed by atoms with Gasteiger partial charge in [-0.25, -0.2) is 8.78 Å². The first-order chi connectivity index (χ1) is 9.63. The van der Waals surface area contributed by atoms with E-state index in [9.17, 15) is 8.78 Å². The average molecular weight is 303 g/mol. The Kier molecular flexibility index (Phi) is 5.17. The van der Waals surface area contributed by atoms with E-state index in [4.69, 9.17) is 16.3 Å². The fourth-order valence-corrected chi connectivity index (χ4v) is 2.34. The second-order valence-corrected chi connectivity index (χ2v) is 4.93. The number of aliphatic imine (C=N–C) groups is 1. The summed E-state index contributed by atoms with van der Waals surface area (Å²) in [4.78, 5) is 4.33. The standard InChI is InChI=1S/C14H17ClF2N2O/c1-2-4-11(14-18-7-8-19-14)20-10-6-3-5-9(12(10)15)13(16)17/h3,5-6,11,13H,2,4,7-8H2,1H3,(H,18,19). The Bertz CT molecular complexity index is 494. The van der Waals surface area contributed by atoms with Gasteiger partial charge in [0.1, 0.15) is 11.6 Å². The molecule has 0 aliphatic carbocycles. The lowest BCUT2D eigenvalue weighted by Crippen LogP contribution is -2.35. The van der Waals surface area contributed by atoms with Crippen LogP contribution in [0.4, 0.5) is 8.78 Å². The van der Waals surface area contributed by atoms with Crippen LogP contribution in [-0.2, 0) is 0 Å². The first-order valence-corrected chi connectivity index (χ1v) is 7.02. The Morgan fingerprint density at radius 3 is 2.85 bits per heavy atom. The number of benzene rings is 1. The highest BCUT2D eigenvalue weighted by Crippen LogP contribution is 2.35. The zero-order valence-corrected chi connectivity index (χ0v) is 12.0. The van der Waals surface area contributed by atoms with E-state index >= 15 is 0 Å². The third-order valence-corrected chi connectivity index (χ3v) is 3.46. The van der Waals surface area contributed by atoms with Gasteiger partial charge in [-0.2, -0.15) is 0 Å². The number of nitrogens with zero attached hydrogens (tertiary/aromatic N) is 1. The minimum Gasteiger partial charge on any atom is -0.481 e. The monoisotopic (exact) mass is 302 g/mol. The number of rotatable bonds is 6. The summed E-state index contributed by atoms with van der Waals surface area (Å²) in [6, 6.07) is 4.43. The van der Waals surface area contributed by atoms with Crippen molar-refractivity contribution >= 4 is 17.4 Å². The van der Waals surface area contributed by atoms with Crippen LogP contribution < -0.4 is 10.1 Å². The molecule has 3 nitrogen and oxygen atoms in total. The molecule has 1 aliphatic heterocycles. The lowest BCUT2D eigenvalue weighted by atomic mass is 10.1. The molecule has 0 saturated carbocycles. The molecule has 1 atom stereocenters. The van der Waals surface area contributed by atoms with Crippen LogP contribution in [-0.4, -0.2) is 25.0 Å². The fraction of sp³-hybridized carbons (Fsp3) is 0.500. The summed E-state index contributed by atoms with van der Waals surface area (Å²) in [6.07, 6.45) is -1.23. The molecule has 1 heterocycles. The van der Waals surface area contributed by atoms with Crippen LogP contribution in [0, 0.1) is 0 Å². The van der Waals surface area contributed by atoms with Crippen molar-refractivity contribution in [2.75, 3.05) is 13.1 Å². The van der Waals surface area contributed by atoms with E-state index in [1.54, 1.807) is 6.07 Å². The summed E-state index contributed by atoms with van der Waals surface area (Å²) in [5, 5.41) is 3.13. The van der Waals surface area contributed by atoms with Crippen LogP contribution in [0.5, 0.6) is 5.75 Å². The van der Waals surface area contributed by atoms with Crippen molar-refractivity contribution in [2.24, 2.45) is 4.99 Å². The molecule has 110 valence electrons. The van der Waals surface area contributed by atoms with Crippen LogP contribution in [0.25, 0.3) is 0 Å². The summed E-state index contributed by atoms with van der Waals surface area (Å²) in [5.74, 6) is 1.05. The van der Waals surface area contributed by atoms with Crippen LogP contribution in [0.2, 0.25) is 5.02 Å². The Morgan fingerprint density at radius 1 is 1.45 bits per heavy atom. The number of nitrogens with one attached hydrogen (secondary N) is 1. The van der Waals surface area contributed by atoms with E-state index in [1.165, 1.54) is 12.1 Å². The van der Waals surface area contributed by atoms with Crippen LogP contribution in [0.3, 0.4) is 0 Å². The van der Waals surface area contributed by atoms with Gasteiger partial charge in [0, 0.05) is 12.1 Å². The second kappa shape index (κ2) is 6.88. The Labute approximate surface area is 122 Å². The third kappa shape index (κ3) is 3.39. The van der Waals surface area contributed by atoms with E-state index in [1.807, 2.05) is 6.92 Å². The largest absolute Gasteiger partial charge is 0.481 e. The van der Waals surface area contributed by atoms with Crippen molar-refractivity contribution in [1.82, 2.24) is 5.32 Å². The Hall–Kier alpha value is -1.36. The van der Waals surface area contributed by atoms with Crippen molar-refractivity contribution in [3.05, 3.63) is 28.8 Å². The van der Waals surface area contributed by atoms with Gasteiger partial charge in [0.05, 0.1) is 11.6 Å². The predicted octanol–water partition coefficient (Wildman–Crippen LogP) is 3.83. The Morgan fingerprint density at radius 2 is 2.25 bits per heavy atom. The lowest BCUT2D eigenvalue weighted by Gasteiger charge is -2.20. The van der Waals surface area contributed by atoms with Gasteiger partial charge < -0.3 is 10.1 Å². The quantitative estimate of drug-likeness (QED) is 0.866. The highest BCUT2D eigenvalue weighted by Gasteiger charge is 2.22. The van der Waals surface area contributed by atoms with E-state index in [2.05, 4.69) is 10.3 Å². The van der Waals surface area contributed by atoms with Gasteiger partial charge in [0.2, 0.25) is 0 Å². The van der Waals surface area contributed by atoms with Crippen LogP contribution >= 0.6 is 11.6 Å². The smallest absolute Gasteiger partial charge is 0.265 e. The van der Waals surface area contributed by atoms with Crippen LogP contribution in [0.1, 0.15) is 31.8 Å². The van der Waals surface area contributed by atoms with Crippen molar-refractivity contribution < 1.29 is 13.5 Å². The number of alkyl halides is 2. The maximum absolute atomic E-state index is 12.8. The van der Waals surface area contributed by atoms with Crippen molar-refractivity contribution in [2.45, 2.75) is 32.3 Å². The third-order valence-electron chi connectivity index (χ3n) is 3.05. The fourth-order valence-electron chi connectivity index (χ4n) is 2.09. The van der Waals surface area contributed by atoms with Crippen molar-refractivity contribution in [1.29, 1.82) is 0 Å². The van der Waals surface area contributed by atoms with Gasteiger partial charge in [0.25, 0.3) is 6.43 Å². The van der Waals surface area contributed by atoms with E-state index in [0.29, 0.717) is 6.54 Å². The lowest BCUT2D eigenvalue weighted by molar-refractivity contribution is 0.150. The van der Waals surface area contributed by atoms with E-state index in [0.717, 1.165) is 25.2 Å². The molecule has 0 saturated heterocycles. The molecule has 1 aromatic rings. The number of amidine groups is 1. The van der Waals surface area contributed by atoms with Crippen LogP contribution in [0.15, 0.2) is 23.2 Å². The maximum atomic E-state index is 12.8. The summed E-state index contributed by atoms with van der Waals surface area (Å²) in [5.41, 5.74) is -0.208. The summed E-state index contributed by atoms with van der Waals surface area (Å²) >= 11 is 5.99. The maximum Gasteiger partial charge on any atom is 0.265 e. The molecule has 0 fully saturated rings.